The Bertz CT molecular complexity index is 990. The number of amides is 1. The molecule has 0 aliphatic carbocycles. The fraction of sp³-hybridized carbons (Fsp3) is 0.250. The number of carbonyl (C=O) groups excluding carboxylic acids is 1. The summed E-state index contributed by atoms with van der Waals surface area (Å²) < 4.78 is 9.12. The van der Waals surface area contributed by atoms with Crippen LogP contribution >= 0.6 is 11.4 Å². The van der Waals surface area contributed by atoms with E-state index in [1.165, 1.54) is 6.92 Å². The molecular weight excluding hydrogens is 326 g/mol. The summed E-state index contributed by atoms with van der Waals surface area (Å²) in [5, 5.41) is 2.64. The highest BCUT2D eigenvalue weighted by atomic mass is 32.1. The van der Waals surface area contributed by atoms with Gasteiger partial charge < -0.3 is 19.6 Å². The second-order valence-electron chi connectivity index (χ2n) is 5.34. The van der Waals surface area contributed by atoms with Crippen LogP contribution in [0.15, 0.2) is 24.5 Å². The van der Waals surface area contributed by atoms with Crippen LogP contribution in [0, 0.1) is 11.7 Å². The second kappa shape index (κ2) is 6.48. The highest BCUT2D eigenvalue weighted by molar-refractivity contribution is 7.90. The number of aromatic nitrogens is 4. The normalized spacial score (nSPS) is 12.1. The van der Waals surface area contributed by atoms with Gasteiger partial charge in [-0.2, -0.15) is 11.4 Å². The topological polar surface area (TPSA) is 84.8 Å². The fourth-order valence-electron chi connectivity index (χ4n) is 2.53. The van der Waals surface area contributed by atoms with Crippen molar-refractivity contribution < 1.29 is 9.53 Å². The molecule has 0 unspecified atom stereocenters. The Morgan fingerprint density at radius 3 is 2.92 bits per heavy atom. The van der Waals surface area contributed by atoms with Crippen molar-refractivity contribution in [3.05, 3.63) is 34.9 Å². The Kier molecular flexibility index (Phi) is 4.39. The van der Waals surface area contributed by atoms with Crippen molar-refractivity contribution in [2.75, 3.05) is 11.6 Å². The van der Waals surface area contributed by atoms with Gasteiger partial charge in [-0.25, -0.2) is 9.97 Å². The Labute approximate surface area is 142 Å². The number of hydrogen-bond acceptors (Lipinski definition) is 4. The van der Waals surface area contributed by atoms with Gasteiger partial charge in [0.2, 0.25) is 5.91 Å². The molecule has 0 aliphatic rings. The number of rotatable bonds is 3. The molecule has 0 fully saturated rings. The van der Waals surface area contributed by atoms with Gasteiger partial charge in [-0.3, -0.25) is 4.79 Å². The number of nitrogens with zero attached hydrogens (tertiary/aromatic N) is 3. The van der Waals surface area contributed by atoms with Crippen LogP contribution in [0.5, 0.6) is 11.5 Å². The molecule has 3 heterocycles. The zero-order valence-corrected chi connectivity index (χ0v) is 14.8. The van der Waals surface area contributed by atoms with E-state index in [1.54, 1.807) is 24.5 Å². The molecule has 0 radical (unpaired) electrons. The summed E-state index contributed by atoms with van der Waals surface area (Å²) in [4.78, 5) is 23.0. The monoisotopic (exact) mass is 345 g/mol. The van der Waals surface area contributed by atoms with Crippen LogP contribution in [0.3, 0.4) is 0 Å². The predicted octanol–water partition coefficient (Wildman–Crippen LogP) is 2.98. The zero-order valence-electron chi connectivity index (χ0n) is 13.9. The number of thiol groups is 1. The Hall–Kier alpha value is -2.61. The molecule has 7 nitrogen and oxygen atoms in total. The maximum absolute atomic E-state index is 11.1. The lowest BCUT2D eigenvalue weighted by molar-refractivity contribution is -0.114. The van der Waals surface area contributed by atoms with Crippen molar-refractivity contribution >= 4 is 34.2 Å². The van der Waals surface area contributed by atoms with Gasteiger partial charge in [0.1, 0.15) is 16.3 Å². The molecule has 3 aromatic rings. The van der Waals surface area contributed by atoms with Crippen LogP contribution in [-0.2, 0) is 11.8 Å². The Morgan fingerprint density at radius 2 is 2.21 bits per heavy atom. The number of hydrogen-bond donors (Lipinski definition) is 3. The highest BCUT2D eigenvalue weighted by Crippen LogP contribution is 2.29. The Balaban J connectivity index is 2.00. The van der Waals surface area contributed by atoms with Gasteiger partial charge in [-0.05, 0) is 19.2 Å². The van der Waals surface area contributed by atoms with Crippen LogP contribution < -0.4 is 10.1 Å². The lowest BCUT2D eigenvalue weighted by Gasteiger charge is -2.10. The second-order valence-corrected chi connectivity index (χ2v) is 6.21. The Morgan fingerprint density at radius 1 is 1.42 bits per heavy atom. The van der Waals surface area contributed by atoms with Gasteiger partial charge in [-0.1, -0.05) is 0 Å². The number of nitrogens with one attached hydrogen (secondary N) is 2. The summed E-state index contributed by atoms with van der Waals surface area (Å²) in [6, 6.07) is 3.42. The van der Waals surface area contributed by atoms with Gasteiger partial charge >= 0.3 is 0 Å². The molecule has 126 valence electrons. The number of anilines is 1. The van der Waals surface area contributed by atoms with E-state index >= 15 is 0 Å². The quantitative estimate of drug-likeness (QED) is 0.503. The summed E-state index contributed by atoms with van der Waals surface area (Å²) in [6.07, 6.45) is 5.35. The molecule has 0 aliphatic heterocycles. The summed E-state index contributed by atoms with van der Waals surface area (Å²) in [5.41, 5.74) is 2.83. The molecule has 2 N–H and O–H groups in total. The third-order valence-corrected chi connectivity index (χ3v) is 4.45. The number of H-pyrrole nitrogens is 1. The average molecular weight is 345 g/mol. The molecular formula is C16H19N5O2S. The molecule has 8 heteroatoms. The van der Waals surface area contributed by atoms with Crippen molar-refractivity contribution in [1.29, 1.82) is 0 Å². The van der Waals surface area contributed by atoms with Gasteiger partial charge in [0.15, 0.2) is 11.4 Å². The minimum Gasteiger partial charge on any atom is -0.455 e. The average Bonchev–Trinajstić information content (AvgIpc) is 2.87. The number of fused-ring (bicyclic) bond motifs is 1. The van der Waals surface area contributed by atoms with E-state index in [2.05, 4.69) is 31.1 Å². The van der Waals surface area contributed by atoms with Crippen molar-refractivity contribution in [1.82, 2.24) is 19.5 Å². The van der Waals surface area contributed by atoms with Crippen molar-refractivity contribution in [3.63, 3.8) is 0 Å². The van der Waals surface area contributed by atoms with Crippen LogP contribution in [0.4, 0.5) is 5.82 Å². The summed E-state index contributed by atoms with van der Waals surface area (Å²) in [7, 11) is 2.00. The smallest absolute Gasteiger partial charge is 0.222 e. The van der Waals surface area contributed by atoms with E-state index in [0.29, 0.717) is 17.3 Å². The molecule has 0 bridgehead atoms. The molecule has 0 spiro atoms. The minimum atomic E-state index is -0.176. The first-order valence-electron chi connectivity index (χ1n) is 7.38. The molecule has 3 aromatic heterocycles. The summed E-state index contributed by atoms with van der Waals surface area (Å²) in [6.45, 7) is 3.44. The van der Waals surface area contributed by atoms with Crippen LogP contribution in [-0.4, -0.2) is 31.7 Å². The number of imidazole rings is 1. The van der Waals surface area contributed by atoms with Gasteiger partial charge in [0.05, 0.1) is 11.7 Å². The van der Waals surface area contributed by atoms with Crippen molar-refractivity contribution in [3.8, 4) is 11.5 Å². The van der Waals surface area contributed by atoms with Crippen molar-refractivity contribution in [2.45, 2.75) is 13.8 Å². The zero-order chi connectivity index (χ0) is 17.3. The molecule has 0 saturated carbocycles. The summed E-state index contributed by atoms with van der Waals surface area (Å²) >= 11 is 1.14. The van der Waals surface area contributed by atoms with E-state index < -0.39 is 0 Å². The highest BCUT2D eigenvalue weighted by Gasteiger charge is 2.12. The number of carbonyl (C=O) groups is 1. The fourth-order valence-corrected chi connectivity index (χ4v) is 3.15. The van der Waals surface area contributed by atoms with E-state index in [0.717, 1.165) is 32.8 Å². The lowest BCUT2D eigenvalue weighted by atomic mass is 10.2. The van der Waals surface area contributed by atoms with Gasteiger partial charge in [-0.15, -0.1) is 0 Å². The van der Waals surface area contributed by atoms with E-state index in [4.69, 9.17) is 4.74 Å². The molecule has 0 aromatic carbocycles. The number of ether oxygens (including phenoxy) is 1. The number of pyridine rings is 2. The third-order valence-electron chi connectivity index (χ3n) is 3.62. The lowest BCUT2D eigenvalue weighted by Crippen LogP contribution is -2.07. The molecule has 3 rings (SSSR count). The standard InChI is InChI=1S/C16H19N5O2S/c1-9-12(8-18-15-14(9)21(3)16(20-15)24-4)23-11-5-6-17-13(7-11)19-10(2)22/h5-8,24H,1-4H3,(H,18,20)(H,17,19,22). The third kappa shape index (κ3) is 3.05. The minimum absolute atomic E-state index is 0.176. The van der Waals surface area contributed by atoms with E-state index in [-0.39, 0.29) is 5.91 Å². The van der Waals surface area contributed by atoms with Crippen LogP contribution in [0.1, 0.15) is 12.5 Å². The SMILES string of the molecule is C/[SH]=c1\[nH]c2ncc(Oc3ccnc(NC(C)=O)c3)c(C)c2n1C. The van der Waals surface area contributed by atoms with E-state index in [1.807, 2.05) is 14.0 Å². The maximum Gasteiger partial charge on any atom is 0.222 e. The van der Waals surface area contributed by atoms with Gasteiger partial charge in [0, 0.05) is 31.8 Å². The predicted molar refractivity (Wildman–Crippen MR) is 96.6 cm³/mol. The number of aromatic amines is 1. The van der Waals surface area contributed by atoms with Gasteiger partial charge in [0.25, 0.3) is 0 Å². The van der Waals surface area contributed by atoms with Crippen LogP contribution in [0.25, 0.3) is 11.2 Å². The first-order chi connectivity index (χ1) is 11.5. The first-order valence-corrected chi connectivity index (χ1v) is 8.72. The first kappa shape index (κ1) is 16.3. The van der Waals surface area contributed by atoms with Crippen LogP contribution in [0.2, 0.25) is 0 Å². The molecule has 0 atom stereocenters. The summed E-state index contributed by atoms with van der Waals surface area (Å²) in [5.74, 6) is 1.52. The molecule has 0 saturated heterocycles. The largest absolute Gasteiger partial charge is 0.455 e. The number of aryl methyl sites for hydroxylation is 2. The van der Waals surface area contributed by atoms with Crippen molar-refractivity contribution in [2.24, 2.45) is 7.05 Å². The molecule has 1 amide bonds. The van der Waals surface area contributed by atoms with E-state index in [9.17, 15) is 4.79 Å². The molecule has 24 heavy (non-hydrogen) atoms. The maximum atomic E-state index is 11.1.